The van der Waals surface area contributed by atoms with E-state index in [1.807, 2.05) is 25.2 Å². The van der Waals surface area contributed by atoms with E-state index in [1.54, 1.807) is 24.3 Å². The first-order valence-corrected chi connectivity index (χ1v) is 16.0. The van der Waals surface area contributed by atoms with Crippen LogP contribution in [-0.2, 0) is 27.2 Å². The number of halogens is 3. The Hall–Kier alpha value is -3.95. The highest BCUT2D eigenvalue weighted by Gasteiger charge is 2.39. The van der Waals surface area contributed by atoms with Gasteiger partial charge in [0.2, 0.25) is 11.9 Å². The molecule has 4 N–H and O–H groups in total. The summed E-state index contributed by atoms with van der Waals surface area (Å²) >= 11 is 0. The average Bonchev–Trinajstić information content (AvgIpc) is 3.54. The number of carbonyl (C=O) groups excluding carboxylic acids is 1. The summed E-state index contributed by atoms with van der Waals surface area (Å²) in [5, 5.41) is 11.7. The first-order valence-electron chi connectivity index (χ1n) is 13.9. The molecule has 2 aliphatic rings. The molecule has 3 aromatic rings. The molecular weight excluding hydrogens is 599 g/mol. The number of rotatable bonds is 10. The van der Waals surface area contributed by atoms with Gasteiger partial charge in [-0.2, -0.15) is 18.2 Å². The molecule has 3 atom stereocenters. The van der Waals surface area contributed by atoms with Gasteiger partial charge in [-0.3, -0.25) is 10.1 Å². The zero-order valence-corrected chi connectivity index (χ0v) is 25.2. The molecule has 0 saturated carbocycles. The zero-order chi connectivity index (χ0) is 31.6. The number of methoxy groups -OCH3 is 1. The van der Waals surface area contributed by atoms with Crippen molar-refractivity contribution in [2.45, 2.75) is 31.1 Å². The highest BCUT2D eigenvalue weighted by molar-refractivity contribution is 7.90. The molecule has 2 heterocycles. The van der Waals surface area contributed by atoms with Crippen LogP contribution in [0.2, 0.25) is 0 Å². The summed E-state index contributed by atoms with van der Waals surface area (Å²) in [7, 11) is -0.0115. The van der Waals surface area contributed by atoms with Gasteiger partial charge in [0.05, 0.1) is 36.7 Å². The smallest absolute Gasteiger partial charge is 0.421 e. The van der Waals surface area contributed by atoms with E-state index in [4.69, 9.17) is 4.74 Å². The Kier molecular flexibility index (Phi) is 9.00. The van der Waals surface area contributed by atoms with E-state index in [0.717, 1.165) is 30.3 Å². The van der Waals surface area contributed by atoms with Crippen molar-refractivity contribution in [2.75, 3.05) is 55.3 Å². The molecule has 1 saturated heterocycles. The molecule has 0 spiro atoms. The molecule has 1 aliphatic carbocycles. The summed E-state index contributed by atoms with van der Waals surface area (Å²) in [6, 6.07) is 10.9. The molecule has 1 aromatic heterocycles. The van der Waals surface area contributed by atoms with Gasteiger partial charge < -0.3 is 25.6 Å². The molecule has 2 aromatic carbocycles. The van der Waals surface area contributed by atoms with E-state index in [2.05, 4.69) is 36.1 Å². The summed E-state index contributed by atoms with van der Waals surface area (Å²) in [4.78, 5) is 23.0. The number of anilines is 4. The van der Waals surface area contributed by atoms with Crippen molar-refractivity contribution < 1.29 is 31.1 Å². The maximum Gasteiger partial charge on any atom is 0.421 e. The number of sulfone groups is 1. The summed E-state index contributed by atoms with van der Waals surface area (Å²) in [6.07, 6.45) is -1.91. The highest BCUT2D eigenvalue weighted by atomic mass is 32.2. The average molecular weight is 634 g/mol. The number of amides is 1. The second-order valence-electron chi connectivity index (χ2n) is 11.1. The highest BCUT2D eigenvalue weighted by Crippen LogP contribution is 2.39. The van der Waals surface area contributed by atoms with Crippen LogP contribution in [0, 0.1) is 5.92 Å². The molecule has 11 nitrogen and oxygen atoms in total. The van der Waals surface area contributed by atoms with Crippen molar-refractivity contribution >= 4 is 38.9 Å². The third kappa shape index (κ3) is 7.39. The van der Waals surface area contributed by atoms with Gasteiger partial charge in [-0.05, 0) is 55.8 Å². The monoisotopic (exact) mass is 633 g/mol. The molecule has 1 amide bonds. The van der Waals surface area contributed by atoms with Gasteiger partial charge >= 0.3 is 6.18 Å². The van der Waals surface area contributed by atoms with Crippen LogP contribution < -0.4 is 26.0 Å². The Labute approximate surface area is 253 Å². The Balaban J connectivity index is 1.41. The predicted molar refractivity (Wildman–Crippen MR) is 161 cm³/mol. The van der Waals surface area contributed by atoms with E-state index in [-0.39, 0.29) is 23.7 Å². The Morgan fingerprint density at radius 2 is 1.95 bits per heavy atom. The number of likely N-dealkylation sites (tertiary alicyclic amines) is 1. The number of hydrogen-bond donors (Lipinski definition) is 4. The third-order valence-corrected chi connectivity index (χ3v) is 8.38. The van der Waals surface area contributed by atoms with Gasteiger partial charge in [0.25, 0.3) is 0 Å². The SMILES string of the molecule is COc1ccc(NC(=O)C2CCN(C)C2)cc1Nc1ncc(C(F)(F)F)c(N[C@@H]2Cc3ccccc3[C@H]2NCS(C)(=O)=O)n1. The van der Waals surface area contributed by atoms with E-state index >= 15 is 0 Å². The minimum Gasteiger partial charge on any atom is -0.495 e. The van der Waals surface area contributed by atoms with Gasteiger partial charge in [0, 0.05) is 24.7 Å². The lowest BCUT2D eigenvalue weighted by atomic mass is 10.1. The predicted octanol–water partition coefficient (Wildman–Crippen LogP) is 3.81. The molecule has 1 fully saturated rings. The van der Waals surface area contributed by atoms with Gasteiger partial charge in [-0.1, -0.05) is 24.3 Å². The van der Waals surface area contributed by atoms with Crippen molar-refractivity contribution in [3.8, 4) is 5.75 Å². The summed E-state index contributed by atoms with van der Waals surface area (Å²) in [5.41, 5.74) is 1.41. The van der Waals surface area contributed by atoms with Gasteiger partial charge in [-0.25, -0.2) is 13.4 Å². The van der Waals surface area contributed by atoms with Crippen LogP contribution in [0.4, 0.5) is 36.3 Å². The molecule has 1 aliphatic heterocycles. The number of hydrogen-bond acceptors (Lipinski definition) is 10. The molecule has 0 radical (unpaired) electrons. The fourth-order valence-electron chi connectivity index (χ4n) is 5.56. The fraction of sp³-hybridized carbons (Fsp3) is 0.414. The third-order valence-electron chi connectivity index (χ3n) is 7.69. The van der Waals surface area contributed by atoms with Crippen molar-refractivity contribution in [1.29, 1.82) is 0 Å². The number of nitrogens with zero attached hydrogens (tertiary/aromatic N) is 3. The van der Waals surface area contributed by atoms with E-state index in [9.17, 15) is 26.4 Å². The van der Waals surface area contributed by atoms with Crippen LogP contribution in [0.3, 0.4) is 0 Å². The normalized spacial score (nSPS) is 20.3. The summed E-state index contributed by atoms with van der Waals surface area (Å²) in [5.74, 6) is -0.875. The number of nitrogens with one attached hydrogen (secondary N) is 4. The van der Waals surface area contributed by atoms with Crippen molar-refractivity contribution in [3.05, 3.63) is 65.4 Å². The van der Waals surface area contributed by atoms with Crippen LogP contribution in [0.25, 0.3) is 0 Å². The number of ether oxygens (including phenoxy) is 1. The Morgan fingerprint density at radius 1 is 1.18 bits per heavy atom. The van der Waals surface area contributed by atoms with E-state index < -0.39 is 39.5 Å². The number of fused-ring (bicyclic) bond motifs is 1. The lowest BCUT2D eigenvalue weighted by Gasteiger charge is -2.25. The quantitative estimate of drug-likeness (QED) is 0.261. The Bertz CT molecular complexity index is 1640. The van der Waals surface area contributed by atoms with Crippen LogP contribution in [0.15, 0.2) is 48.7 Å². The molecular formula is C29H34F3N7O4S. The molecule has 5 rings (SSSR count). The molecule has 236 valence electrons. The van der Waals surface area contributed by atoms with Crippen LogP contribution in [0.5, 0.6) is 5.75 Å². The zero-order valence-electron chi connectivity index (χ0n) is 24.4. The lowest BCUT2D eigenvalue weighted by Crippen LogP contribution is -2.37. The molecule has 44 heavy (non-hydrogen) atoms. The van der Waals surface area contributed by atoms with Gasteiger partial charge in [0.15, 0.2) is 9.84 Å². The minimum absolute atomic E-state index is 0.126. The van der Waals surface area contributed by atoms with Crippen molar-refractivity contribution in [3.63, 3.8) is 0 Å². The number of aromatic nitrogens is 2. The van der Waals surface area contributed by atoms with E-state index in [0.29, 0.717) is 36.3 Å². The van der Waals surface area contributed by atoms with Gasteiger partial charge in [0.1, 0.15) is 17.1 Å². The molecule has 0 bridgehead atoms. The van der Waals surface area contributed by atoms with Crippen LogP contribution in [-0.4, -0.2) is 74.6 Å². The first kappa shape index (κ1) is 31.5. The maximum absolute atomic E-state index is 14.1. The number of benzene rings is 2. The number of carbonyl (C=O) groups is 1. The second kappa shape index (κ2) is 12.6. The summed E-state index contributed by atoms with van der Waals surface area (Å²) < 4.78 is 71.5. The second-order valence-corrected chi connectivity index (χ2v) is 13.3. The fourth-order valence-corrected chi connectivity index (χ4v) is 6.04. The first-order chi connectivity index (χ1) is 20.8. The number of alkyl halides is 3. The topological polar surface area (TPSA) is 138 Å². The van der Waals surface area contributed by atoms with E-state index in [1.165, 1.54) is 7.11 Å². The van der Waals surface area contributed by atoms with Crippen molar-refractivity contribution in [1.82, 2.24) is 20.2 Å². The van der Waals surface area contributed by atoms with Crippen LogP contribution >= 0.6 is 0 Å². The van der Waals surface area contributed by atoms with Crippen molar-refractivity contribution in [2.24, 2.45) is 5.92 Å². The summed E-state index contributed by atoms with van der Waals surface area (Å²) in [6.45, 7) is 1.48. The largest absolute Gasteiger partial charge is 0.495 e. The molecule has 15 heteroatoms. The minimum atomic E-state index is -4.77. The van der Waals surface area contributed by atoms with Crippen LogP contribution in [0.1, 0.15) is 29.2 Å². The molecule has 1 unspecified atom stereocenters. The lowest BCUT2D eigenvalue weighted by molar-refractivity contribution is -0.137. The van der Waals surface area contributed by atoms with Gasteiger partial charge in [-0.15, -0.1) is 0 Å². The Morgan fingerprint density at radius 3 is 2.64 bits per heavy atom. The maximum atomic E-state index is 14.1. The standard InChI is InChI=1S/C29H34F3N7O4S/c1-39-11-10-18(15-39)27(40)35-19-8-9-24(43-2)22(13-19)37-28-33-14-21(29(30,31)32)26(38-28)36-23-12-17-6-4-5-7-20(17)25(23)34-16-44(3,41)42/h4-9,13-14,18,23,25,34H,10-12,15-16H2,1-3H3,(H,35,40)(H2,33,36,37,38)/t18?,23-,25-/m1/s1.